The Morgan fingerprint density at radius 1 is 1.42 bits per heavy atom. The molecule has 0 aromatic heterocycles. The normalized spacial score (nSPS) is 22.5. The summed E-state index contributed by atoms with van der Waals surface area (Å²) in [4.78, 5) is 12.1. The molecule has 1 N–H and O–H groups in total. The molecule has 1 saturated carbocycles. The van der Waals surface area contributed by atoms with E-state index < -0.39 is 0 Å². The SMILES string of the molecule is Cc1ccc(C(=O)NCC2CCCC2CBr)c(Cl)c1. The second-order valence-electron chi connectivity index (χ2n) is 5.30. The van der Waals surface area contributed by atoms with E-state index in [4.69, 9.17) is 11.6 Å². The maximum Gasteiger partial charge on any atom is 0.252 e. The van der Waals surface area contributed by atoms with Crippen LogP contribution in [0.15, 0.2) is 18.2 Å². The molecule has 0 bridgehead atoms. The third-order valence-electron chi connectivity index (χ3n) is 3.91. The minimum absolute atomic E-state index is 0.0646. The van der Waals surface area contributed by atoms with E-state index in [2.05, 4.69) is 21.2 Å². The van der Waals surface area contributed by atoms with Crippen LogP contribution in [0.4, 0.5) is 0 Å². The summed E-state index contributed by atoms with van der Waals surface area (Å²) < 4.78 is 0. The number of rotatable bonds is 4. The Kier molecular flexibility index (Phi) is 5.28. The second kappa shape index (κ2) is 6.76. The van der Waals surface area contributed by atoms with Crippen LogP contribution in [0.3, 0.4) is 0 Å². The number of benzene rings is 1. The number of carbonyl (C=O) groups is 1. The molecule has 2 unspecified atom stereocenters. The van der Waals surface area contributed by atoms with Gasteiger partial charge in [-0.15, -0.1) is 0 Å². The zero-order valence-corrected chi connectivity index (χ0v) is 13.4. The largest absolute Gasteiger partial charge is 0.352 e. The van der Waals surface area contributed by atoms with Gasteiger partial charge in [0.15, 0.2) is 0 Å². The molecule has 2 rings (SSSR count). The standard InChI is InChI=1S/C15H19BrClNO/c1-10-5-6-13(14(17)7-10)15(19)18-9-12-4-2-3-11(12)8-16/h5-7,11-12H,2-4,8-9H2,1H3,(H,18,19). The van der Waals surface area contributed by atoms with Crippen molar-refractivity contribution in [2.75, 3.05) is 11.9 Å². The van der Waals surface area contributed by atoms with E-state index in [9.17, 15) is 4.79 Å². The van der Waals surface area contributed by atoms with Gasteiger partial charge < -0.3 is 5.32 Å². The molecule has 4 heteroatoms. The van der Waals surface area contributed by atoms with Crippen LogP contribution in [0.5, 0.6) is 0 Å². The van der Waals surface area contributed by atoms with Gasteiger partial charge in [0, 0.05) is 11.9 Å². The molecule has 1 fully saturated rings. The maximum absolute atomic E-state index is 12.1. The molecular weight excluding hydrogens is 326 g/mol. The molecule has 2 nitrogen and oxygen atoms in total. The van der Waals surface area contributed by atoms with Crippen LogP contribution < -0.4 is 5.32 Å². The van der Waals surface area contributed by atoms with E-state index in [-0.39, 0.29) is 5.91 Å². The summed E-state index contributed by atoms with van der Waals surface area (Å²) in [6, 6.07) is 5.54. The van der Waals surface area contributed by atoms with Crippen LogP contribution in [0.2, 0.25) is 5.02 Å². The van der Waals surface area contributed by atoms with Gasteiger partial charge >= 0.3 is 0 Å². The first-order chi connectivity index (χ1) is 9.11. The predicted octanol–water partition coefficient (Wildman–Crippen LogP) is 4.19. The molecule has 0 spiro atoms. The number of aryl methyl sites for hydroxylation is 1. The summed E-state index contributed by atoms with van der Waals surface area (Å²) in [5, 5.41) is 4.58. The van der Waals surface area contributed by atoms with Crippen LogP contribution in [0.25, 0.3) is 0 Å². The van der Waals surface area contributed by atoms with E-state index in [0.717, 1.165) is 17.4 Å². The van der Waals surface area contributed by atoms with Gasteiger partial charge in [-0.1, -0.05) is 40.0 Å². The van der Waals surface area contributed by atoms with Crippen molar-refractivity contribution in [2.45, 2.75) is 26.2 Å². The smallest absolute Gasteiger partial charge is 0.252 e. The van der Waals surface area contributed by atoms with Gasteiger partial charge in [-0.3, -0.25) is 4.79 Å². The first kappa shape index (κ1) is 14.9. The minimum atomic E-state index is -0.0646. The average Bonchev–Trinajstić information content (AvgIpc) is 2.83. The quantitative estimate of drug-likeness (QED) is 0.815. The number of alkyl halides is 1. The predicted molar refractivity (Wildman–Crippen MR) is 83.1 cm³/mol. The molecule has 0 saturated heterocycles. The Balaban J connectivity index is 1.94. The van der Waals surface area contributed by atoms with Crippen LogP contribution in [-0.2, 0) is 0 Å². The summed E-state index contributed by atoms with van der Waals surface area (Å²) >= 11 is 9.66. The first-order valence-corrected chi connectivity index (χ1v) is 8.22. The number of nitrogens with one attached hydrogen (secondary N) is 1. The average molecular weight is 345 g/mol. The lowest BCUT2D eigenvalue weighted by molar-refractivity contribution is 0.0945. The third-order valence-corrected chi connectivity index (χ3v) is 5.05. The van der Waals surface area contributed by atoms with Gasteiger partial charge in [0.2, 0.25) is 0 Å². The molecule has 0 aliphatic heterocycles. The summed E-state index contributed by atoms with van der Waals surface area (Å²) in [6.45, 7) is 2.71. The number of amides is 1. The third kappa shape index (κ3) is 3.73. The Morgan fingerprint density at radius 3 is 2.84 bits per heavy atom. The summed E-state index contributed by atoms with van der Waals surface area (Å²) in [5.74, 6) is 1.21. The lowest BCUT2D eigenvalue weighted by Gasteiger charge is -2.18. The van der Waals surface area contributed by atoms with E-state index in [0.29, 0.717) is 22.4 Å². The highest BCUT2D eigenvalue weighted by Gasteiger charge is 2.26. The number of hydrogen-bond donors (Lipinski definition) is 1. The molecule has 0 radical (unpaired) electrons. The van der Waals surface area contributed by atoms with Crippen molar-refractivity contribution < 1.29 is 4.79 Å². The number of halogens is 2. The summed E-state index contributed by atoms with van der Waals surface area (Å²) in [7, 11) is 0. The Bertz CT molecular complexity index is 463. The highest BCUT2D eigenvalue weighted by molar-refractivity contribution is 9.09. The van der Waals surface area contributed by atoms with Crippen molar-refractivity contribution >= 4 is 33.4 Å². The monoisotopic (exact) mass is 343 g/mol. The zero-order valence-electron chi connectivity index (χ0n) is 11.1. The Morgan fingerprint density at radius 2 is 2.16 bits per heavy atom. The molecule has 104 valence electrons. The van der Waals surface area contributed by atoms with Gasteiger partial charge in [0.1, 0.15) is 0 Å². The van der Waals surface area contributed by atoms with E-state index in [1.54, 1.807) is 6.07 Å². The highest BCUT2D eigenvalue weighted by atomic mass is 79.9. The fraction of sp³-hybridized carbons (Fsp3) is 0.533. The molecule has 0 heterocycles. The Hall–Kier alpha value is -0.540. The fourth-order valence-corrected chi connectivity index (χ4v) is 3.88. The van der Waals surface area contributed by atoms with Crippen LogP contribution >= 0.6 is 27.5 Å². The first-order valence-electron chi connectivity index (χ1n) is 6.72. The fourth-order valence-electron chi connectivity index (χ4n) is 2.71. The second-order valence-corrected chi connectivity index (χ2v) is 6.35. The van der Waals surface area contributed by atoms with E-state index >= 15 is 0 Å². The van der Waals surface area contributed by atoms with E-state index in [1.807, 2.05) is 19.1 Å². The van der Waals surface area contributed by atoms with E-state index in [1.165, 1.54) is 19.3 Å². The number of hydrogen-bond acceptors (Lipinski definition) is 1. The van der Waals surface area contributed by atoms with Crippen LogP contribution in [0.1, 0.15) is 35.2 Å². The lowest BCUT2D eigenvalue weighted by atomic mass is 9.98. The lowest BCUT2D eigenvalue weighted by Crippen LogP contribution is -2.31. The minimum Gasteiger partial charge on any atom is -0.352 e. The van der Waals surface area contributed by atoms with Crippen molar-refractivity contribution in [1.29, 1.82) is 0 Å². The maximum atomic E-state index is 12.1. The van der Waals surface area contributed by atoms with Crippen molar-refractivity contribution in [3.8, 4) is 0 Å². The van der Waals surface area contributed by atoms with Gasteiger partial charge in [0.05, 0.1) is 10.6 Å². The van der Waals surface area contributed by atoms with Gasteiger partial charge in [-0.05, 0) is 49.3 Å². The highest BCUT2D eigenvalue weighted by Crippen LogP contribution is 2.32. The molecule has 1 aliphatic rings. The van der Waals surface area contributed by atoms with Gasteiger partial charge in [0.25, 0.3) is 5.91 Å². The molecule has 1 amide bonds. The summed E-state index contributed by atoms with van der Waals surface area (Å²) in [6.07, 6.45) is 3.73. The van der Waals surface area contributed by atoms with Gasteiger partial charge in [-0.25, -0.2) is 0 Å². The van der Waals surface area contributed by atoms with Crippen molar-refractivity contribution in [3.63, 3.8) is 0 Å². The van der Waals surface area contributed by atoms with Crippen LogP contribution in [0, 0.1) is 18.8 Å². The molecule has 1 aromatic rings. The van der Waals surface area contributed by atoms with Crippen LogP contribution in [-0.4, -0.2) is 17.8 Å². The van der Waals surface area contributed by atoms with Crippen molar-refractivity contribution in [1.82, 2.24) is 5.32 Å². The molecular formula is C15H19BrClNO. The topological polar surface area (TPSA) is 29.1 Å². The van der Waals surface area contributed by atoms with Crippen molar-refractivity contribution in [3.05, 3.63) is 34.3 Å². The number of carbonyl (C=O) groups excluding carboxylic acids is 1. The Labute approximate surface area is 128 Å². The molecule has 2 atom stereocenters. The zero-order chi connectivity index (χ0) is 13.8. The molecule has 1 aromatic carbocycles. The summed E-state index contributed by atoms with van der Waals surface area (Å²) in [5.41, 5.74) is 1.64. The molecule has 1 aliphatic carbocycles. The van der Waals surface area contributed by atoms with Crippen molar-refractivity contribution in [2.24, 2.45) is 11.8 Å². The van der Waals surface area contributed by atoms with Gasteiger partial charge in [-0.2, -0.15) is 0 Å². The molecule has 19 heavy (non-hydrogen) atoms.